The van der Waals surface area contributed by atoms with Crippen LogP contribution in [-0.2, 0) is 5.60 Å². The molecular formula is C11H13ClFNO. The van der Waals surface area contributed by atoms with Crippen LogP contribution in [-0.4, -0.2) is 29.6 Å². The maximum absolute atomic E-state index is 13.1. The summed E-state index contributed by atoms with van der Waals surface area (Å²) in [5, 5.41) is 10.5. The molecule has 1 aliphatic rings. The molecule has 2 rings (SSSR count). The van der Waals surface area contributed by atoms with E-state index in [1.165, 1.54) is 12.1 Å². The van der Waals surface area contributed by atoms with E-state index in [4.69, 9.17) is 11.6 Å². The van der Waals surface area contributed by atoms with Crippen LogP contribution in [0.1, 0.15) is 12.5 Å². The van der Waals surface area contributed by atoms with Crippen LogP contribution in [0.4, 0.5) is 4.39 Å². The highest BCUT2D eigenvalue weighted by atomic mass is 35.5. The normalized spacial score (nSPS) is 20.0. The van der Waals surface area contributed by atoms with Crippen molar-refractivity contribution in [2.45, 2.75) is 12.5 Å². The van der Waals surface area contributed by atoms with Crippen molar-refractivity contribution < 1.29 is 9.50 Å². The molecule has 2 nitrogen and oxygen atoms in total. The van der Waals surface area contributed by atoms with Gasteiger partial charge in [0.25, 0.3) is 0 Å². The van der Waals surface area contributed by atoms with Gasteiger partial charge in [-0.1, -0.05) is 18.5 Å². The van der Waals surface area contributed by atoms with Gasteiger partial charge in [-0.2, -0.15) is 0 Å². The smallest absolute Gasteiger partial charge is 0.125 e. The van der Waals surface area contributed by atoms with Crippen LogP contribution in [0.15, 0.2) is 18.2 Å². The van der Waals surface area contributed by atoms with Gasteiger partial charge in [0.2, 0.25) is 0 Å². The number of benzene rings is 1. The molecule has 1 aromatic rings. The quantitative estimate of drug-likeness (QED) is 0.839. The molecule has 0 unspecified atom stereocenters. The summed E-state index contributed by atoms with van der Waals surface area (Å²) in [7, 11) is 0. The number of nitrogens with zero attached hydrogens (tertiary/aromatic N) is 1. The summed E-state index contributed by atoms with van der Waals surface area (Å²) in [4.78, 5) is 2.08. The number of β-amino-alcohol motifs (C(OH)–C–C–N with tert-alkyl or cyclic N) is 1. The second-order valence-electron chi connectivity index (χ2n) is 3.99. The number of likely N-dealkylation sites (tertiary alicyclic amines) is 1. The predicted molar refractivity (Wildman–Crippen MR) is 57.4 cm³/mol. The Labute approximate surface area is 93.3 Å². The van der Waals surface area contributed by atoms with Crippen molar-refractivity contribution in [3.63, 3.8) is 0 Å². The van der Waals surface area contributed by atoms with Crippen LogP contribution in [0.25, 0.3) is 0 Å². The molecular weight excluding hydrogens is 217 g/mol. The number of aliphatic hydroxyl groups is 1. The summed E-state index contributed by atoms with van der Waals surface area (Å²) >= 11 is 5.74. The first-order chi connectivity index (χ1) is 7.03. The van der Waals surface area contributed by atoms with E-state index in [2.05, 4.69) is 4.90 Å². The largest absolute Gasteiger partial charge is 0.382 e. The van der Waals surface area contributed by atoms with E-state index in [1.54, 1.807) is 6.07 Å². The molecule has 0 aliphatic carbocycles. The zero-order valence-corrected chi connectivity index (χ0v) is 9.26. The van der Waals surface area contributed by atoms with Gasteiger partial charge in [0.15, 0.2) is 0 Å². The summed E-state index contributed by atoms with van der Waals surface area (Å²) in [6.45, 7) is 4.01. The lowest BCUT2D eigenvalue weighted by atomic mass is 9.86. The highest BCUT2D eigenvalue weighted by Crippen LogP contribution is 2.33. The van der Waals surface area contributed by atoms with Crippen molar-refractivity contribution in [1.29, 1.82) is 0 Å². The Hall–Kier alpha value is -0.640. The molecule has 1 saturated heterocycles. The molecule has 0 atom stereocenters. The monoisotopic (exact) mass is 229 g/mol. The Morgan fingerprint density at radius 2 is 2.13 bits per heavy atom. The molecule has 1 aliphatic heterocycles. The SMILES string of the molecule is CCN1CC(O)(c2cc(F)cc(Cl)c2)C1. The van der Waals surface area contributed by atoms with Crippen molar-refractivity contribution in [1.82, 2.24) is 4.90 Å². The van der Waals surface area contributed by atoms with Gasteiger partial charge in [0.1, 0.15) is 11.4 Å². The Balaban J connectivity index is 2.23. The van der Waals surface area contributed by atoms with E-state index in [0.29, 0.717) is 23.7 Å². The predicted octanol–water partition coefficient (Wildman–Crippen LogP) is 2.00. The fraction of sp³-hybridized carbons (Fsp3) is 0.455. The third-order valence-corrected chi connectivity index (χ3v) is 3.04. The van der Waals surface area contributed by atoms with E-state index in [9.17, 15) is 9.50 Å². The summed E-state index contributed by atoms with van der Waals surface area (Å²) in [5.74, 6) is -0.402. The number of hydrogen-bond donors (Lipinski definition) is 1. The lowest BCUT2D eigenvalue weighted by Crippen LogP contribution is -2.59. The molecule has 0 aromatic heterocycles. The second-order valence-corrected chi connectivity index (χ2v) is 4.43. The maximum atomic E-state index is 13.1. The van der Waals surface area contributed by atoms with Gasteiger partial charge in [0.05, 0.1) is 0 Å². The van der Waals surface area contributed by atoms with Gasteiger partial charge < -0.3 is 5.11 Å². The minimum atomic E-state index is -0.929. The maximum Gasteiger partial charge on any atom is 0.125 e. The molecule has 82 valence electrons. The summed E-state index contributed by atoms with van der Waals surface area (Å²) < 4.78 is 13.1. The van der Waals surface area contributed by atoms with E-state index < -0.39 is 11.4 Å². The van der Waals surface area contributed by atoms with Crippen molar-refractivity contribution in [2.24, 2.45) is 0 Å². The van der Waals surface area contributed by atoms with Crippen LogP contribution < -0.4 is 0 Å². The average Bonchev–Trinajstić information content (AvgIpc) is 2.11. The topological polar surface area (TPSA) is 23.5 Å². The fourth-order valence-electron chi connectivity index (χ4n) is 1.92. The van der Waals surface area contributed by atoms with Gasteiger partial charge in [-0.05, 0) is 30.3 Å². The van der Waals surface area contributed by atoms with Crippen molar-refractivity contribution >= 4 is 11.6 Å². The van der Waals surface area contributed by atoms with Gasteiger partial charge in [0, 0.05) is 18.1 Å². The first-order valence-corrected chi connectivity index (χ1v) is 5.32. The van der Waals surface area contributed by atoms with E-state index in [-0.39, 0.29) is 0 Å². The Morgan fingerprint density at radius 3 is 2.67 bits per heavy atom. The molecule has 1 aromatic carbocycles. The molecule has 0 saturated carbocycles. The number of halogens is 2. The molecule has 1 N–H and O–H groups in total. The zero-order chi connectivity index (χ0) is 11.1. The zero-order valence-electron chi connectivity index (χ0n) is 8.50. The van der Waals surface area contributed by atoms with Crippen molar-refractivity contribution in [3.05, 3.63) is 34.6 Å². The first kappa shape index (κ1) is 10.9. The highest BCUT2D eigenvalue weighted by molar-refractivity contribution is 6.30. The summed E-state index contributed by atoms with van der Waals surface area (Å²) in [5.41, 5.74) is -0.362. The second kappa shape index (κ2) is 3.74. The summed E-state index contributed by atoms with van der Waals surface area (Å²) in [6.07, 6.45) is 0. The molecule has 0 bridgehead atoms. The highest BCUT2D eigenvalue weighted by Gasteiger charge is 2.41. The Kier molecular flexibility index (Phi) is 2.71. The molecule has 1 fully saturated rings. The fourth-order valence-corrected chi connectivity index (χ4v) is 2.14. The van der Waals surface area contributed by atoms with E-state index in [1.807, 2.05) is 6.92 Å². The lowest BCUT2D eigenvalue weighted by molar-refractivity contribution is -0.101. The van der Waals surface area contributed by atoms with Gasteiger partial charge >= 0.3 is 0 Å². The number of hydrogen-bond acceptors (Lipinski definition) is 2. The molecule has 0 amide bonds. The van der Waals surface area contributed by atoms with E-state index >= 15 is 0 Å². The molecule has 1 heterocycles. The molecule has 0 spiro atoms. The van der Waals surface area contributed by atoms with Gasteiger partial charge in [-0.3, -0.25) is 4.90 Å². The third-order valence-electron chi connectivity index (χ3n) is 2.82. The standard InChI is InChI=1S/C11H13ClFNO/c1-2-14-6-11(15,7-14)8-3-9(12)5-10(13)4-8/h3-5,15H,2,6-7H2,1H3. The molecule has 15 heavy (non-hydrogen) atoms. The average molecular weight is 230 g/mol. The molecule has 4 heteroatoms. The van der Waals surface area contributed by atoms with Crippen LogP contribution in [0.3, 0.4) is 0 Å². The summed E-state index contributed by atoms with van der Waals surface area (Å²) in [6, 6.07) is 4.21. The molecule has 0 radical (unpaired) electrons. The van der Waals surface area contributed by atoms with Crippen LogP contribution in [0.2, 0.25) is 5.02 Å². The number of rotatable bonds is 2. The lowest BCUT2D eigenvalue weighted by Gasteiger charge is -2.46. The number of likely N-dealkylation sites (N-methyl/N-ethyl adjacent to an activating group) is 1. The van der Waals surface area contributed by atoms with E-state index in [0.717, 1.165) is 6.54 Å². The van der Waals surface area contributed by atoms with Crippen LogP contribution >= 0.6 is 11.6 Å². The first-order valence-electron chi connectivity index (χ1n) is 4.95. The van der Waals surface area contributed by atoms with Crippen LogP contribution in [0.5, 0.6) is 0 Å². The van der Waals surface area contributed by atoms with Crippen molar-refractivity contribution in [3.8, 4) is 0 Å². The third kappa shape index (κ3) is 2.00. The van der Waals surface area contributed by atoms with Gasteiger partial charge in [-0.25, -0.2) is 4.39 Å². The van der Waals surface area contributed by atoms with Crippen molar-refractivity contribution in [2.75, 3.05) is 19.6 Å². The minimum Gasteiger partial charge on any atom is -0.382 e. The Bertz CT molecular complexity index is 357. The minimum absolute atomic E-state index is 0.327. The van der Waals surface area contributed by atoms with Gasteiger partial charge in [-0.15, -0.1) is 0 Å². The Morgan fingerprint density at radius 1 is 1.47 bits per heavy atom. The van der Waals surface area contributed by atoms with Crippen LogP contribution in [0, 0.1) is 5.82 Å².